The van der Waals surface area contributed by atoms with Crippen LogP contribution in [0.15, 0.2) is 36.4 Å². The number of fused-ring (bicyclic) bond motifs is 1. The van der Waals surface area contributed by atoms with E-state index in [-0.39, 0.29) is 21.2 Å². The molecule has 0 aromatic heterocycles. The maximum atomic E-state index is 13.1. The molecule has 0 radical (unpaired) electrons. The van der Waals surface area contributed by atoms with Gasteiger partial charge in [-0.2, -0.15) is 11.8 Å². The second-order valence-corrected chi connectivity index (χ2v) is 8.08. The lowest BCUT2D eigenvalue weighted by molar-refractivity contribution is -0.120. The highest BCUT2D eigenvalue weighted by Crippen LogP contribution is 2.33. The first kappa shape index (κ1) is 21.5. The van der Waals surface area contributed by atoms with E-state index >= 15 is 0 Å². The van der Waals surface area contributed by atoms with Gasteiger partial charge < -0.3 is 10.1 Å². The van der Waals surface area contributed by atoms with Crippen molar-refractivity contribution in [1.29, 1.82) is 0 Å². The van der Waals surface area contributed by atoms with E-state index in [9.17, 15) is 14.4 Å². The molecule has 3 amide bonds. The molecule has 29 heavy (non-hydrogen) atoms. The number of imide groups is 1. The first-order valence-corrected chi connectivity index (χ1v) is 10.8. The highest BCUT2D eigenvalue weighted by molar-refractivity contribution is 7.98. The van der Waals surface area contributed by atoms with Crippen LogP contribution in [0.2, 0.25) is 10.0 Å². The second kappa shape index (κ2) is 9.07. The minimum absolute atomic E-state index is 0.142. The normalized spacial score (nSPS) is 14.0. The second-order valence-electron chi connectivity index (χ2n) is 6.28. The summed E-state index contributed by atoms with van der Waals surface area (Å²) in [6, 6.07) is 8.66. The van der Waals surface area contributed by atoms with Crippen molar-refractivity contribution in [2.45, 2.75) is 12.5 Å². The molecule has 1 N–H and O–H groups in total. The van der Waals surface area contributed by atoms with Gasteiger partial charge in [-0.15, -0.1) is 0 Å². The molecule has 1 unspecified atom stereocenters. The third-order valence-corrected chi connectivity index (χ3v) is 5.90. The van der Waals surface area contributed by atoms with Crippen molar-refractivity contribution in [2.24, 2.45) is 0 Å². The Morgan fingerprint density at radius 1 is 1.14 bits per heavy atom. The number of hydrogen-bond acceptors (Lipinski definition) is 5. The summed E-state index contributed by atoms with van der Waals surface area (Å²) in [5, 5.41) is 3.11. The van der Waals surface area contributed by atoms with Gasteiger partial charge >= 0.3 is 0 Å². The van der Waals surface area contributed by atoms with Crippen LogP contribution in [0.3, 0.4) is 0 Å². The number of methoxy groups -OCH3 is 1. The van der Waals surface area contributed by atoms with E-state index in [4.69, 9.17) is 27.9 Å². The van der Waals surface area contributed by atoms with Crippen LogP contribution in [0.25, 0.3) is 0 Å². The Morgan fingerprint density at radius 2 is 1.72 bits per heavy atom. The summed E-state index contributed by atoms with van der Waals surface area (Å²) in [6.07, 6.45) is 2.19. The lowest BCUT2D eigenvalue weighted by Gasteiger charge is -2.25. The summed E-state index contributed by atoms with van der Waals surface area (Å²) < 4.78 is 5.26. The Kier molecular flexibility index (Phi) is 6.72. The number of amides is 3. The fourth-order valence-corrected chi connectivity index (χ4v) is 3.89. The van der Waals surface area contributed by atoms with Gasteiger partial charge in [0.2, 0.25) is 5.91 Å². The van der Waals surface area contributed by atoms with Gasteiger partial charge in [-0.3, -0.25) is 19.3 Å². The van der Waals surface area contributed by atoms with Crippen LogP contribution < -0.4 is 10.1 Å². The van der Waals surface area contributed by atoms with Crippen molar-refractivity contribution < 1.29 is 19.1 Å². The van der Waals surface area contributed by atoms with Crippen molar-refractivity contribution >= 4 is 58.4 Å². The number of carbonyl (C=O) groups is 3. The van der Waals surface area contributed by atoms with Crippen LogP contribution >= 0.6 is 35.0 Å². The van der Waals surface area contributed by atoms with Crippen molar-refractivity contribution in [3.8, 4) is 5.75 Å². The molecule has 152 valence electrons. The highest BCUT2D eigenvalue weighted by atomic mass is 35.5. The van der Waals surface area contributed by atoms with E-state index in [2.05, 4.69) is 5.32 Å². The number of nitrogens with one attached hydrogen (secondary N) is 1. The zero-order valence-corrected chi connectivity index (χ0v) is 18.0. The number of carbonyl (C=O) groups excluding carboxylic acids is 3. The van der Waals surface area contributed by atoms with E-state index in [1.54, 1.807) is 24.3 Å². The molecule has 3 rings (SSSR count). The fraction of sp³-hybridized carbons (Fsp3) is 0.250. The Balaban J connectivity index is 1.93. The summed E-state index contributed by atoms with van der Waals surface area (Å²) >= 11 is 13.5. The molecule has 0 spiro atoms. The van der Waals surface area contributed by atoms with Crippen molar-refractivity contribution in [2.75, 3.05) is 24.4 Å². The number of anilines is 1. The van der Waals surface area contributed by atoms with Crippen LogP contribution in [0.4, 0.5) is 5.69 Å². The zero-order chi connectivity index (χ0) is 21.1. The molecule has 2 aromatic rings. The summed E-state index contributed by atoms with van der Waals surface area (Å²) in [6.45, 7) is 0. The number of para-hydroxylation sites is 2. The van der Waals surface area contributed by atoms with Crippen molar-refractivity contribution in [1.82, 2.24) is 4.90 Å². The predicted octanol–water partition coefficient (Wildman–Crippen LogP) is 4.36. The number of halogens is 2. The molecule has 2 aromatic carbocycles. The van der Waals surface area contributed by atoms with Gasteiger partial charge in [0.05, 0.1) is 34.0 Å². The molecule has 1 atom stereocenters. The fourth-order valence-electron chi connectivity index (χ4n) is 3.11. The molecule has 0 saturated carbocycles. The van der Waals surface area contributed by atoms with Crippen LogP contribution in [0.5, 0.6) is 5.75 Å². The molecule has 1 aliphatic rings. The molecule has 9 heteroatoms. The first-order valence-electron chi connectivity index (χ1n) is 8.68. The lowest BCUT2D eigenvalue weighted by Crippen LogP contribution is -2.47. The topological polar surface area (TPSA) is 75.7 Å². The highest BCUT2D eigenvalue weighted by Gasteiger charge is 2.43. The first-order chi connectivity index (χ1) is 13.9. The van der Waals surface area contributed by atoms with Crippen LogP contribution in [-0.2, 0) is 4.79 Å². The molecule has 1 heterocycles. The van der Waals surface area contributed by atoms with Crippen molar-refractivity contribution in [3.63, 3.8) is 0 Å². The number of ether oxygens (including phenoxy) is 1. The van der Waals surface area contributed by atoms with Crippen LogP contribution in [0, 0.1) is 0 Å². The quantitative estimate of drug-likeness (QED) is 0.631. The minimum atomic E-state index is -0.989. The van der Waals surface area contributed by atoms with Crippen molar-refractivity contribution in [3.05, 3.63) is 57.6 Å². The number of hydrogen-bond donors (Lipinski definition) is 1. The zero-order valence-electron chi connectivity index (χ0n) is 15.7. The molecule has 0 aliphatic carbocycles. The third kappa shape index (κ3) is 4.22. The Bertz CT molecular complexity index is 942. The van der Waals surface area contributed by atoms with Gasteiger partial charge in [-0.05, 0) is 42.7 Å². The van der Waals surface area contributed by atoms with Gasteiger partial charge in [0.1, 0.15) is 11.8 Å². The lowest BCUT2D eigenvalue weighted by atomic mass is 10.1. The molecule has 0 saturated heterocycles. The van der Waals surface area contributed by atoms with E-state index in [0.717, 1.165) is 4.90 Å². The molecule has 6 nitrogen and oxygen atoms in total. The van der Waals surface area contributed by atoms with E-state index in [1.165, 1.54) is 31.0 Å². The Morgan fingerprint density at radius 3 is 2.28 bits per heavy atom. The molecule has 0 fully saturated rings. The van der Waals surface area contributed by atoms with Crippen LogP contribution in [0.1, 0.15) is 27.1 Å². The number of rotatable bonds is 7. The Hall–Kier alpha value is -2.22. The van der Waals surface area contributed by atoms with E-state index < -0.39 is 23.8 Å². The number of nitrogens with zero attached hydrogens (tertiary/aromatic N) is 1. The smallest absolute Gasteiger partial charge is 0.262 e. The molecular formula is C20H18Cl2N2O4S. The number of benzene rings is 2. The third-order valence-electron chi connectivity index (χ3n) is 4.53. The number of thioether (sulfide) groups is 1. The summed E-state index contributed by atoms with van der Waals surface area (Å²) in [5.74, 6) is -0.547. The van der Waals surface area contributed by atoms with Gasteiger partial charge in [0.25, 0.3) is 11.8 Å². The van der Waals surface area contributed by atoms with E-state index in [1.807, 2.05) is 6.26 Å². The summed E-state index contributed by atoms with van der Waals surface area (Å²) in [4.78, 5) is 40.0. The largest absolute Gasteiger partial charge is 0.495 e. The SMILES string of the molecule is COc1ccccc1NC(=O)C(CCSC)N1C(=O)c2cc(Cl)c(Cl)cc2C1=O. The summed E-state index contributed by atoms with van der Waals surface area (Å²) in [7, 11) is 1.49. The summed E-state index contributed by atoms with van der Waals surface area (Å²) in [5.41, 5.74) is 0.740. The average Bonchev–Trinajstić information content (AvgIpc) is 2.93. The molecular weight excluding hydrogens is 435 g/mol. The monoisotopic (exact) mass is 452 g/mol. The maximum absolute atomic E-state index is 13.1. The minimum Gasteiger partial charge on any atom is -0.495 e. The molecule has 1 aliphatic heterocycles. The standard InChI is InChI=1S/C20H18Cl2N2O4S/c1-28-17-6-4-3-5-15(17)23-18(25)16(7-8-29-2)24-19(26)11-9-13(21)14(22)10-12(11)20(24)27/h3-6,9-10,16H,7-8H2,1-2H3,(H,23,25). The van der Waals surface area contributed by atoms with Crippen LogP contribution in [-0.4, -0.2) is 47.8 Å². The molecule has 0 bridgehead atoms. The van der Waals surface area contributed by atoms with Gasteiger partial charge in [0.15, 0.2) is 0 Å². The van der Waals surface area contributed by atoms with Gasteiger partial charge in [-0.25, -0.2) is 0 Å². The average molecular weight is 453 g/mol. The van der Waals surface area contributed by atoms with E-state index in [0.29, 0.717) is 23.6 Å². The maximum Gasteiger partial charge on any atom is 0.262 e. The van der Waals surface area contributed by atoms with Gasteiger partial charge in [0, 0.05) is 0 Å². The predicted molar refractivity (Wildman–Crippen MR) is 115 cm³/mol. The Labute approximate surface area is 182 Å². The van der Waals surface area contributed by atoms with Gasteiger partial charge in [-0.1, -0.05) is 35.3 Å².